The highest BCUT2D eigenvalue weighted by atomic mass is 16.6. The molecule has 3 aliphatic carbocycles. The van der Waals surface area contributed by atoms with Gasteiger partial charge in [0.1, 0.15) is 17.1 Å². The number of allylic oxidation sites excluding steroid dienone is 4. The number of imidazole rings is 1. The molecular weight excluding hydrogens is 633 g/mol. The first-order chi connectivity index (χ1) is 24.9. The van der Waals surface area contributed by atoms with Gasteiger partial charge in [0.2, 0.25) is 0 Å². The van der Waals surface area contributed by atoms with Gasteiger partial charge in [-0.05, 0) is 111 Å². The summed E-state index contributed by atoms with van der Waals surface area (Å²) in [5.74, 6) is 3.34. The SMILES string of the molecule is CCCc1nc2c(n1Cc1ccc(-c3ccccc3-c3nnnn3C(C3C=CCCC3)(C3CC=CCC3)C3CCCCC3)cc1)C(O)OC2(C)C. The van der Waals surface area contributed by atoms with Crippen molar-refractivity contribution in [1.82, 2.24) is 29.8 Å². The molecule has 0 radical (unpaired) electrons. The second kappa shape index (κ2) is 14.3. The van der Waals surface area contributed by atoms with Crippen LogP contribution in [0.5, 0.6) is 0 Å². The number of tetrazole rings is 1. The zero-order chi connectivity index (χ0) is 35.0. The molecule has 2 aromatic carbocycles. The van der Waals surface area contributed by atoms with Gasteiger partial charge in [-0.15, -0.1) is 5.10 Å². The van der Waals surface area contributed by atoms with Crippen molar-refractivity contribution in [3.63, 3.8) is 0 Å². The third-order valence-corrected chi connectivity index (χ3v) is 12.4. The Labute approximate surface area is 303 Å². The first-order valence-corrected chi connectivity index (χ1v) is 19.7. The summed E-state index contributed by atoms with van der Waals surface area (Å²) >= 11 is 0. The summed E-state index contributed by atoms with van der Waals surface area (Å²) in [6.07, 6.45) is 24.0. The van der Waals surface area contributed by atoms with Gasteiger partial charge in [0, 0.05) is 24.4 Å². The van der Waals surface area contributed by atoms with Crippen molar-refractivity contribution < 1.29 is 9.84 Å². The van der Waals surface area contributed by atoms with Crippen LogP contribution in [0.1, 0.15) is 127 Å². The summed E-state index contributed by atoms with van der Waals surface area (Å²) in [6.45, 7) is 6.76. The first-order valence-electron chi connectivity index (χ1n) is 19.7. The van der Waals surface area contributed by atoms with Gasteiger partial charge in [-0.1, -0.05) is 99.0 Å². The Morgan fingerprint density at radius 1 is 0.882 bits per heavy atom. The highest BCUT2D eigenvalue weighted by molar-refractivity contribution is 5.80. The van der Waals surface area contributed by atoms with E-state index in [-0.39, 0.29) is 5.54 Å². The molecule has 8 heteroatoms. The fourth-order valence-corrected chi connectivity index (χ4v) is 10.1. The quantitative estimate of drug-likeness (QED) is 0.167. The molecule has 4 atom stereocenters. The number of aryl methyl sites for hydroxylation is 1. The van der Waals surface area contributed by atoms with Crippen molar-refractivity contribution in [3.05, 3.63) is 95.6 Å². The van der Waals surface area contributed by atoms with Gasteiger partial charge >= 0.3 is 0 Å². The fraction of sp³-hybridized carbons (Fsp3) is 0.535. The van der Waals surface area contributed by atoms with Crippen molar-refractivity contribution in [2.24, 2.45) is 17.8 Å². The number of nitrogens with zero attached hydrogens (tertiary/aromatic N) is 6. The van der Waals surface area contributed by atoms with E-state index in [1.807, 2.05) is 13.8 Å². The lowest BCUT2D eigenvalue weighted by Crippen LogP contribution is -2.54. The van der Waals surface area contributed by atoms with Crippen LogP contribution in [-0.2, 0) is 28.8 Å². The van der Waals surface area contributed by atoms with E-state index in [2.05, 4.69) is 94.2 Å². The molecule has 1 N–H and O–H groups in total. The Hall–Kier alpha value is -3.88. The molecule has 1 fully saturated rings. The summed E-state index contributed by atoms with van der Waals surface area (Å²) < 4.78 is 10.4. The van der Waals surface area contributed by atoms with Gasteiger partial charge in [0.25, 0.3) is 0 Å². The molecule has 4 aliphatic rings. The van der Waals surface area contributed by atoms with Gasteiger partial charge < -0.3 is 14.4 Å². The molecular formula is C43H54N6O2. The van der Waals surface area contributed by atoms with Crippen molar-refractivity contribution >= 4 is 0 Å². The van der Waals surface area contributed by atoms with Crippen LogP contribution in [0.15, 0.2) is 72.8 Å². The van der Waals surface area contributed by atoms with Crippen LogP contribution in [0.25, 0.3) is 22.5 Å². The zero-order valence-electron chi connectivity index (χ0n) is 30.7. The molecule has 8 rings (SSSR count). The van der Waals surface area contributed by atoms with E-state index in [9.17, 15) is 5.11 Å². The maximum atomic E-state index is 10.9. The van der Waals surface area contributed by atoms with Gasteiger partial charge in [0.05, 0.1) is 11.2 Å². The number of aliphatic hydroxyl groups is 1. The number of hydrogen-bond donors (Lipinski definition) is 1. The standard InChI is InChI=1S/C43H54N6O2/c1-4-16-37-44-39-38(41(50)51-42(39,2)3)48(37)29-30-25-27-31(28-26-30)35-23-14-15-24-36(35)40-45-46-47-49(40)43(32-17-8-5-9-18-32,33-19-10-6-11-20-33)34-21-12-7-13-22-34/h5,8,10,14-15,19,23-28,32-34,41,50H,4,6-7,9,11-13,16-18,20-22,29H2,1-3H3. The number of fused-ring (bicyclic) bond motifs is 1. The zero-order valence-corrected chi connectivity index (χ0v) is 30.7. The topological polar surface area (TPSA) is 90.9 Å². The third-order valence-electron chi connectivity index (χ3n) is 12.4. The Morgan fingerprint density at radius 3 is 2.41 bits per heavy atom. The van der Waals surface area contributed by atoms with Crippen LogP contribution in [0.3, 0.4) is 0 Å². The predicted octanol–water partition coefficient (Wildman–Crippen LogP) is 9.45. The van der Waals surface area contributed by atoms with Gasteiger partial charge in [0.15, 0.2) is 12.1 Å². The van der Waals surface area contributed by atoms with Crippen molar-refractivity contribution in [3.8, 4) is 22.5 Å². The molecule has 0 spiro atoms. The molecule has 3 heterocycles. The molecule has 2 aromatic heterocycles. The van der Waals surface area contributed by atoms with Crippen molar-refractivity contribution in [1.29, 1.82) is 0 Å². The van der Waals surface area contributed by atoms with E-state index < -0.39 is 11.9 Å². The number of aromatic nitrogens is 6. The van der Waals surface area contributed by atoms with E-state index in [0.29, 0.717) is 24.3 Å². The molecule has 8 nitrogen and oxygen atoms in total. The molecule has 0 bridgehead atoms. The van der Waals surface area contributed by atoms with Crippen LogP contribution in [0, 0.1) is 17.8 Å². The van der Waals surface area contributed by atoms with E-state index in [1.165, 1.54) is 57.8 Å². The van der Waals surface area contributed by atoms with Gasteiger partial charge in [-0.2, -0.15) is 0 Å². The van der Waals surface area contributed by atoms with E-state index in [1.54, 1.807) is 0 Å². The maximum Gasteiger partial charge on any atom is 0.199 e. The first kappa shape index (κ1) is 34.2. The Morgan fingerprint density at radius 2 is 1.69 bits per heavy atom. The predicted molar refractivity (Wildman–Crippen MR) is 201 cm³/mol. The van der Waals surface area contributed by atoms with Crippen molar-refractivity contribution in [2.75, 3.05) is 0 Å². The average molecular weight is 687 g/mol. The number of aliphatic hydroxyl groups excluding tert-OH is 1. The second-order valence-corrected chi connectivity index (χ2v) is 15.9. The number of rotatable bonds is 10. The minimum absolute atomic E-state index is 0.165. The summed E-state index contributed by atoms with van der Waals surface area (Å²) in [5.41, 5.74) is 5.37. The lowest BCUT2D eigenvalue weighted by molar-refractivity contribution is -0.161. The Bertz CT molecular complexity index is 1880. The van der Waals surface area contributed by atoms with E-state index in [4.69, 9.17) is 20.0 Å². The average Bonchev–Trinajstić information content (AvgIpc) is 3.85. The lowest BCUT2D eigenvalue weighted by atomic mass is 9.58. The van der Waals surface area contributed by atoms with Crippen LogP contribution >= 0.6 is 0 Å². The third kappa shape index (κ3) is 6.12. The normalized spacial score (nSPS) is 24.4. The highest BCUT2D eigenvalue weighted by Gasteiger charge is 2.53. The lowest BCUT2D eigenvalue weighted by Gasteiger charge is -2.53. The monoisotopic (exact) mass is 686 g/mol. The number of hydrogen-bond acceptors (Lipinski definition) is 6. The molecule has 51 heavy (non-hydrogen) atoms. The van der Waals surface area contributed by atoms with Crippen LogP contribution < -0.4 is 0 Å². The van der Waals surface area contributed by atoms with Crippen LogP contribution in [0.2, 0.25) is 0 Å². The molecule has 1 aliphatic heterocycles. The summed E-state index contributed by atoms with van der Waals surface area (Å²) in [7, 11) is 0. The van der Waals surface area contributed by atoms with Gasteiger partial charge in [-0.3, -0.25) is 0 Å². The largest absolute Gasteiger partial charge is 0.363 e. The summed E-state index contributed by atoms with van der Waals surface area (Å²) in [5, 5.41) is 25.3. The van der Waals surface area contributed by atoms with Crippen LogP contribution in [-0.4, -0.2) is 34.9 Å². The fourth-order valence-electron chi connectivity index (χ4n) is 10.1. The minimum atomic E-state index is -0.973. The molecule has 4 unspecified atom stereocenters. The molecule has 4 aromatic rings. The molecule has 0 amide bonds. The van der Waals surface area contributed by atoms with E-state index >= 15 is 0 Å². The maximum absolute atomic E-state index is 10.9. The molecule has 1 saturated carbocycles. The Balaban J connectivity index is 1.18. The smallest absolute Gasteiger partial charge is 0.199 e. The second-order valence-electron chi connectivity index (χ2n) is 15.9. The number of ether oxygens (including phenoxy) is 1. The highest BCUT2D eigenvalue weighted by Crippen LogP contribution is 2.54. The molecule has 268 valence electrons. The van der Waals surface area contributed by atoms with Gasteiger partial charge in [-0.25, -0.2) is 9.67 Å². The number of benzene rings is 2. The summed E-state index contributed by atoms with van der Waals surface area (Å²) in [4.78, 5) is 4.96. The Kier molecular flexibility index (Phi) is 9.57. The van der Waals surface area contributed by atoms with Crippen LogP contribution in [0.4, 0.5) is 0 Å². The minimum Gasteiger partial charge on any atom is -0.363 e. The van der Waals surface area contributed by atoms with E-state index in [0.717, 1.165) is 71.0 Å². The van der Waals surface area contributed by atoms with Crippen molar-refractivity contribution in [2.45, 2.75) is 128 Å². The molecule has 0 saturated heterocycles. The summed E-state index contributed by atoms with van der Waals surface area (Å²) in [6, 6.07) is 17.5.